The van der Waals surface area contributed by atoms with Crippen LogP contribution in [0.4, 0.5) is 0 Å². The van der Waals surface area contributed by atoms with Crippen LogP contribution in [0.3, 0.4) is 0 Å². The summed E-state index contributed by atoms with van der Waals surface area (Å²) >= 11 is 0. The fraction of sp³-hybridized carbons (Fsp3) is 0.438. The van der Waals surface area contributed by atoms with Crippen LogP contribution in [0.25, 0.3) is 11.0 Å². The number of furan rings is 1. The van der Waals surface area contributed by atoms with Crippen molar-refractivity contribution in [1.82, 2.24) is 4.90 Å². The van der Waals surface area contributed by atoms with E-state index in [1.165, 1.54) is 0 Å². The van der Waals surface area contributed by atoms with Gasteiger partial charge in [0, 0.05) is 42.6 Å². The zero-order valence-electron chi connectivity index (χ0n) is 12.0. The zero-order valence-corrected chi connectivity index (χ0v) is 12.0. The minimum atomic E-state index is 0.0875. The summed E-state index contributed by atoms with van der Waals surface area (Å²) in [5, 5.41) is 10.1. The molecule has 112 valence electrons. The smallest absolute Gasteiger partial charge is 0.227 e. The number of hydrogen-bond donors (Lipinski definition) is 1. The van der Waals surface area contributed by atoms with Gasteiger partial charge in [-0.2, -0.15) is 0 Å². The molecule has 1 amide bonds. The average Bonchev–Trinajstić information content (AvgIpc) is 3.13. The number of aliphatic hydroxyl groups excluding tert-OH is 1. The quantitative estimate of drug-likeness (QED) is 0.932. The SMILES string of the molecule is COc1ccc2c(CC(=O)N3CCC(CO)C3)coc2c1. The first kappa shape index (κ1) is 13.9. The number of rotatable bonds is 4. The Bertz CT molecular complexity index is 649. The van der Waals surface area contributed by atoms with E-state index < -0.39 is 0 Å². The lowest BCUT2D eigenvalue weighted by Crippen LogP contribution is -2.30. The Morgan fingerprint density at radius 1 is 1.52 bits per heavy atom. The Kier molecular flexibility index (Phi) is 3.84. The number of ether oxygens (including phenoxy) is 1. The summed E-state index contributed by atoms with van der Waals surface area (Å²) < 4.78 is 10.7. The zero-order chi connectivity index (χ0) is 14.8. The van der Waals surface area contributed by atoms with Gasteiger partial charge >= 0.3 is 0 Å². The van der Waals surface area contributed by atoms with Crippen LogP contribution in [0.2, 0.25) is 0 Å². The summed E-state index contributed by atoms with van der Waals surface area (Å²) in [6.07, 6.45) is 2.85. The second kappa shape index (κ2) is 5.77. The lowest BCUT2D eigenvalue weighted by molar-refractivity contribution is -0.129. The van der Waals surface area contributed by atoms with Gasteiger partial charge in [-0.25, -0.2) is 0 Å². The van der Waals surface area contributed by atoms with Crippen molar-refractivity contribution in [2.75, 3.05) is 26.8 Å². The average molecular weight is 289 g/mol. The topological polar surface area (TPSA) is 62.9 Å². The van der Waals surface area contributed by atoms with E-state index in [0.29, 0.717) is 13.0 Å². The van der Waals surface area contributed by atoms with E-state index in [-0.39, 0.29) is 18.4 Å². The number of aliphatic hydroxyl groups is 1. The Balaban J connectivity index is 1.74. The standard InChI is InChI=1S/C16H19NO4/c1-20-13-2-3-14-12(10-21-15(14)7-13)6-16(19)17-5-4-11(8-17)9-18/h2-3,7,10-11,18H,4-6,8-9H2,1H3. The first-order chi connectivity index (χ1) is 10.2. The third-order valence-corrected chi connectivity index (χ3v) is 4.10. The molecule has 1 aliphatic rings. The van der Waals surface area contributed by atoms with Gasteiger partial charge in [-0.05, 0) is 18.6 Å². The third kappa shape index (κ3) is 2.74. The van der Waals surface area contributed by atoms with Crippen LogP contribution in [-0.2, 0) is 11.2 Å². The van der Waals surface area contributed by atoms with Crippen molar-refractivity contribution in [3.63, 3.8) is 0 Å². The van der Waals surface area contributed by atoms with E-state index in [1.807, 2.05) is 23.1 Å². The fourth-order valence-electron chi connectivity index (χ4n) is 2.81. The monoisotopic (exact) mass is 289 g/mol. The van der Waals surface area contributed by atoms with Crippen LogP contribution in [0.5, 0.6) is 5.75 Å². The van der Waals surface area contributed by atoms with Gasteiger partial charge in [0.2, 0.25) is 5.91 Å². The largest absolute Gasteiger partial charge is 0.497 e. The summed E-state index contributed by atoms with van der Waals surface area (Å²) in [7, 11) is 1.61. The molecule has 1 aromatic carbocycles. The van der Waals surface area contributed by atoms with Gasteiger partial charge in [0.15, 0.2) is 0 Å². The summed E-state index contributed by atoms with van der Waals surface area (Å²) in [4.78, 5) is 14.1. The lowest BCUT2D eigenvalue weighted by atomic mass is 10.1. The molecule has 0 bridgehead atoms. The molecular weight excluding hydrogens is 270 g/mol. The van der Waals surface area contributed by atoms with Gasteiger partial charge in [-0.1, -0.05) is 0 Å². The second-order valence-electron chi connectivity index (χ2n) is 5.48. The maximum Gasteiger partial charge on any atom is 0.227 e. The van der Waals surface area contributed by atoms with Crippen LogP contribution in [-0.4, -0.2) is 42.7 Å². The predicted octanol–water partition coefficient (Wildman–Crippen LogP) is 1.82. The molecule has 1 aromatic heterocycles. The molecule has 1 saturated heterocycles. The van der Waals surface area contributed by atoms with Crippen molar-refractivity contribution in [3.05, 3.63) is 30.0 Å². The fourth-order valence-corrected chi connectivity index (χ4v) is 2.81. The Hall–Kier alpha value is -2.01. The highest BCUT2D eigenvalue weighted by Gasteiger charge is 2.26. The maximum atomic E-state index is 12.3. The molecule has 0 spiro atoms. The first-order valence-corrected chi connectivity index (χ1v) is 7.14. The van der Waals surface area contributed by atoms with Gasteiger partial charge in [0.25, 0.3) is 0 Å². The van der Waals surface area contributed by atoms with E-state index in [9.17, 15) is 4.79 Å². The normalized spacial score (nSPS) is 18.4. The first-order valence-electron chi connectivity index (χ1n) is 7.14. The number of carbonyl (C=O) groups is 1. The highest BCUT2D eigenvalue weighted by Crippen LogP contribution is 2.26. The van der Waals surface area contributed by atoms with Crippen molar-refractivity contribution in [2.45, 2.75) is 12.8 Å². The number of carbonyl (C=O) groups excluding carboxylic acids is 1. The van der Waals surface area contributed by atoms with Gasteiger partial charge < -0.3 is 19.2 Å². The van der Waals surface area contributed by atoms with Crippen LogP contribution in [0.1, 0.15) is 12.0 Å². The van der Waals surface area contributed by atoms with Gasteiger partial charge in [-0.15, -0.1) is 0 Å². The molecule has 5 nitrogen and oxygen atoms in total. The minimum Gasteiger partial charge on any atom is -0.497 e. The van der Waals surface area contributed by atoms with Gasteiger partial charge in [-0.3, -0.25) is 4.79 Å². The molecule has 0 aliphatic carbocycles. The summed E-state index contributed by atoms with van der Waals surface area (Å²) in [5.41, 5.74) is 1.62. The second-order valence-corrected chi connectivity index (χ2v) is 5.48. The third-order valence-electron chi connectivity index (χ3n) is 4.10. The molecule has 0 radical (unpaired) electrons. The Labute approximate surface area is 123 Å². The Morgan fingerprint density at radius 2 is 2.38 bits per heavy atom. The maximum absolute atomic E-state index is 12.3. The number of amides is 1. The van der Waals surface area contributed by atoms with Crippen LogP contribution in [0.15, 0.2) is 28.9 Å². The summed E-state index contributed by atoms with van der Waals surface area (Å²) in [5.74, 6) is 1.05. The number of nitrogens with zero attached hydrogens (tertiary/aromatic N) is 1. The molecule has 1 fully saturated rings. The molecule has 1 unspecified atom stereocenters. The van der Waals surface area contributed by atoms with E-state index in [2.05, 4.69) is 0 Å². The lowest BCUT2D eigenvalue weighted by Gasteiger charge is -2.15. The molecule has 1 atom stereocenters. The van der Waals surface area contributed by atoms with Crippen molar-refractivity contribution >= 4 is 16.9 Å². The van der Waals surface area contributed by atoms with Crippen LogP contribution < -0.4 is 4.74 Å². The number of benzene rings is 1. The highest BCUT2D eigenvalue weighted by atomic mass is 16.5. The molecule has 2 aromatic rings. The molecule has 21 heavy (non-hydrogen) atoms. The van der Waals surface area contributed by atoms with E-state index in [4.69, 9.17) is 14.3 Å². The summed E-state index contributed by atoms with van der Waals surface area (Å²) in [6, 6.07) is 5.60. The predicted molar refractivity (Wildman–Crippen MR) is 78.2 cm³/mol. The number of likely N-dealkylation sites (tertiary alicyclic amines) is 1. The van der Waals surface area contributed by atoms with Crippen molar-refractivity contribution in [2.24, 2.45) is 5.92 Å². The number of methoxy groups -OCH3 is 1. The minimum absolute atomic E-state index is 0.0875. The summed E-state index contributed by atoms with van der Waals surface area (Å²) in [6.45, 7) is 1.53. The number of hydrogen-bond acceptors (Lipinski definition) is 4. The molecule has 1 N–H and O–H groups in total. The van der Waals surface area contributed by atoms with Crippen molar-refractivity contribution < 1.29 is 19.1 Å². The van der Waals surface area contributed by atoms with E-state index in [0.717, 1.165) is 35.2 Å². The Morgan fingerprint density at radius 3 is 3.10 bits per heavy atom. The van der Waals surface area contributed by atoms with E-state index in [1.54, 1.807) is 13.4 Å². The molecule has 1 aliphatic heterocycles. The molecule has 5 heteroatoms. The molecule has 0 saturated carbocycles. The van der Waals surface area contributed by atoms with Crippen LogP contribution >= 0.6 is 0 Å². The van der Waals surface area contributed by atoms with Crippen molar-refractivity contribution in [3.8, 4) is 5.75 Å². The number of fused-ring (bicyclic) bond motifs is 1. The molecule has 2 heterocycles. The van der Waals surface area contributed by atoms with E-state index >= 15 is 0 Å². The van der Waals surface area contributed by atoms with Gasteiger partial charge in [0.05, 0.1) is 19.8 Å². The molecule has 3 rings (SSSR count). The highest BCUT2D eigenvalue weighted by molar-refractivity contribution is 5.88. The van der Waals surface area contributed by atoms with Crippen LogP contribution in [0, 0.1) is 5.92 Å². The molecular formula is C16H19NO4. The van der Waals surface area contributed by atoms with Crippen molar-refractivity contribution in [1.29, 1.82) is 0 Å². The van der Waals surface area contributed by atoms with Gasteiger partial charge in [0.1, 0.15) is 11.3 Å².